The van der Waals surface area contributed by atoms with Crippen LogP contribution in [0.3, 0.4) is 0 Å². The van der Waals surface area contributed by atoms with Gasteiger partial charge < -0.3 is 5.32 Å². The molecule has 2 aromatic carbocycles. The number of nitriles is 1. The number of nitro benzene ring substituents is 1. The zero-order valence-corrected chi connectivity index (χ0v) is 11.5. The molecule has 0 atom stereocenters. The van der Waals surface area contributed by atoms with E-state index in [0.29, 0.717) is 15.8 Å². The number of hydrogen-bond donors (Lipinski definition) is 1. The van der Waals surface area contributed by atoms with Gasteiger partial charge in [-0.05, 0) is 46.3 Å². The molecule has 0 amide bonds. The molecule has 0 fully saturated rings. The molecule has 0 radical (unpaired) electrons. The average Bonchev–Trinajstić information content (AvgIpc) is 2.42. The van der Waals surface area contributed by atoms with Gasteiger partial charge in [-0.1, -0.05) is 0 Å². The van der Waals surface area contributed by atoms with Crippen molar-refractivity contribution >= 4 is 33.0 Å². The van der Waals surface area contributed by atoms with Crippen LogP contribution in [0.5, 0.6) is 0 Å². The number of hydrogen-bond acceptors (Lipinski definition) is 4. The molecule has 2 aromatic rings. The van der Waals surface area contributed by atoms with Gasteiger partial charge in [0.2, 0.25) is 0 Å². The Morgan fingerprint density at radius 2 is 1.90 bits per heavy atom. The van der Waals surface area contributed by atoms with Gasteiger partial charge >= 0.3 is 0 Å². The number of benzene rings is 2. The first-order valence-corrected chi connectivity index (χ1v) is 6.21. The van der Waals surface area contributed by atoms with Crippen molar-refractivity contribution in [2.24, 2.45) is 0 Å². The Balaban J connectivity index is 2.32. The molecular formula is C13H7BrFN3O2. The highest BCUT2D eigenvalue weighted by Crippen LogP contribution is 2.26. The number of nitro groups is 1. The molecule has 0 aliphatic rings. The Morgan fingerprint density at radius 1 is 1.25 bits per heavy atom. The molecule has 0 bridgehead atoms. The monoisotopic (exact) mass is 335 g/mol. The fourth-order valence-electron chi connectivity index (χ4n) is 1.60. The molecule has 0 heterocycles. The van der Waals surface area contributed by atoms with E-state index in [9.17, 15) is 14.5 Å². The molecule has 0 spiro atoms. The van der Waals surface area contributed by atoms with Crippen LogP contribution in [-0.2, 0) is 0 Å². The van der Waals surface area contributed by atoms with Crippen LogP contribution in [0.15, 0.2) is 40.9 Å². The Hall–Kier alpha value is -2.46. The van der Waals surface area contributed by atoms with Gasteiger partial charge in [-0.3, -0.25) is 10.1 Å². The van der Waals surface area contributed by atoms with Gasteiger partial charge in [0, 0.05) is 17.4 Å². The number of nitrogens with one attached hydrogen (secondary N) is 1. The minimum absolute atomic E-state index is 0.0406. The third kappa shape index (κ3) is 2.92. The second-order valence-corrected chi connectivity index (χ2v) is 4.71. The van der Waals surface area contributed by atoms with E-state index in [1.165, 1.54) is 36.4 Å². The molecule has 0 saturated carbocycles. The number of nitrogens with zero attached hydrogens (tertiary/aromatic N) is 2. The molecule has 0 saturated heterocycles. The molecule has 2 rings (SSSR count). The minimum atomic E-state index is -0.614. The van der Waals surface area contributed by atoms with Gasteiger partial charge in [0.05, 0.1) is 9.40 Å². The van der Waals surface area contributed by atoms with E-state index in [0.717, 1.165) is 0 Å². The van der Waals surface area contributed by atoms with Crippen molar-refractivity contribution in [2.75, 3.05) is 5.32 Å². The number of anilines is 2. The predicted molar refractivity (Wildman–Crippen MR) is 75.2 cm³/mol. The van der Waals surface area contributed by atoms with Crippen LogP contribution in [-0.4, -0.2) is 4.92 Å². The van der Waals surface area contributed by atoms with Crippen molar-refractivity contribution in [3.8, 4) is 6.07 Å². The van der Waals surface area contributed by atoms with E-state index in [-0.39, 0.29) is 11.3 Å². The molecule has 0 aliphatic heterocycles. The molecule has 20 heavy (non-hydrogen) atoms. The minimum Gasteiger partial charge on any atom is -0.355 e. The zero-order valence-electron chi connectivity index (χ0n) is 9.93. The average molecular weight is 336 g/mol. The van der Waals surface area contributed by atoms with Gasteiger partial charge in [0.1, 0.15) is 17.4 Å². The van der Waals surface area contributed by atoms with Crippen molar-refractivity contribution < 1.29 is 9.31 Å². The highest BCUT2D eigenvalue weighted by atomic mass is 79.9. The lowest BCUT2D eigenvalue weighted by molar-refractivity contribution is -0.385. The summed E-state index contributed by atoms with van der Waals surface area (Å²) in [5.41, 5.74) is 0.807. The summed E-state index contributed by atoms with van der Waals surface area (Å²) in [7, 11) is 0. The summed E-state index contributed by atoms with van der Waals surface area (Å²) in [6.45, 7) is 0. The van der Waals surface area contributed by atoms with Crippen molar-refractivity contribution in [1.82, 2.24) is 0 Å². The lowest BCUT2D eigenvalue weighted by Gasteiger charge is -2.07. The van der Waals surface area contributed by atoms with Crippen molar-refractivity contribution in [3.05, 3.63) is 62.4 Å². The van der Waals surface area contributed by atoms with Crippen molar-refractivity contribution in [1.29, 1.82) is 5.26 Å². The van der Waals surface area contributed by atoms with Crippen LogP contribution in [0.25, 0.3) is 0 Å². The van der Waals surface area contributed by atoms with E-state index in [2.05, 4.69) is 21.2 Å². The third-order valence-electron chi connectivity index (χ3n) is 2.52. The van der Waals surface area contributed by atoms with E-state index in [1.807, 2.05) is 0 Å². The van der Waals surface area contributed by atoms with E-state index in [4.69, 9.17) is 5.26 Å². The zero-order chi connectivity index (χ0) is 14.7. The molecule has 0 aromatic heterocycles. The van der Waals surface area contributed by atoms with E-state index < -0.39 is 10.7 Å². The molecular weight excluding hydrogens is 329 g/mol. The SMILES string of the molecule is N#Cc1cc(Nc2ccc(F)c(Br)c2)ccc1[N+](=O)[O-]. The molecule has 5 nitrogen and oxygen atoms in total. The standard InChI is InChI=1S/C13H7BrFN3O2/c14-11-6-10(1-3-12(11)15)17-9-2-4-13(18(19)20)8(5-9)7-16/h1-6,17H. The number of rotatable bonds is 3. The Kier molecular flexibility index (Phi) is 3.96. The maximum Gasteiger partial charge on any atom is 0.287 e. The van der Waals surface area contributed by atoms with Crippen molar-refractivity contribution in [2.45, 2.75) is 0 Å². The topological polar surface area (TPSA) is 79.0 Å². The predicted octanol–water partition coefficient (Wildman–Crippen LogP) is 4.11. The van der Waals surface area contributed by atoms with Gasteiger partial charge in [0.25, 0.3) is 5.69 Å². The van der Waals surface area contributed by atoms with Gasteiger partial charge in [-0.2, -0.15) is 5.26 Å². The molecule has 0 aliphatic carbocycles. The van der Waals surface area contributed by atoms with Gasteiger partial charge in [-0.15, -0.1) is 0 Å². The molecule has 7 heteroatoms. The Labute approximate surface area is 121 Å². The fraction of sp³-hybridized carbons (Fsp3) is 0. The van der Waals surface area contributed by atoms with Gasteiger partial charge in [0.15, 0.2) is 0 Å². The smallest absolute Gasteiger partial charge is 0.287 e. The first-order chi connectivity index (χ1) is 9.51. The first kappa shape index (κ1) is 14.0. The van der Waals surface area contributed by atoms with Gasteiger partial charge in [-0.25, -0.2) is 4.39 Å². The van der Waals surface area contributed by atoms with Crippen LogP contribution < -0.4 is 5.32 Å². The number of halogens is 2. The van der Waals surface area contributed by atoms with Crippen molar-refractivity contribution in [3.63, 3.8) is 0 Å². The van der Waals surface area contributed by atoms with Crippen LogP contribution >= 0.6 is 15.9 Å². The Morgan fingerprint density at radius 3 is 2.50 bits per heavy atom. The van der Waals surface area contributed by atoms with Crippen LogP contribution in [0.2, 0.25) is 0 Å². The Bertz CT molecular complexity index is 728. The normalized spacial score (nSPS) is 9.85. The molecule has 100 valence electrons. The third-order valence-corrected chi connectivity index (χ3v) is 3.13. The fourth-order valence-corrected chi connectivity index (χ4v) is 1.98. The summed E-state index contributed by atoms with van der Waals surface area (Å²) in [6.07, 6.45) is 0. The lowest BCUT2D eigenvalue weighted by Crippen LogP contribution is -1.95. The quantitative estimate of drug-likeness (QED) is 0.676. The summed E-state index contributed by atoms with van der Waals surface area (Å²) in [5, 5.41) is 22.6. The summed E-state index contributed by atoms with van der Waals surface area (Å²) >= 11 is 3.06. The highest BCUT2D eigenvalue weighted by molar-refractivity contribution is 9.10. The van der Waals surface area contributed by atoms with E-state index >= 15 is 0 Å². The second kappa shape index (κ2) is 5.67. The van der Waals surface area contributed by atoms with Crippen LogP contribution in [0, 0.1) is 27.3 Å². The molecule has 0 unspecified atom stereocenters. The summed E-state index contributed by atoms with van der Waals surface area (Å²) in [5.74, 6) is -0.392. The highest BCUT2D eigenvalue weighted by Gasteiger charge is 2.13. The maximum absolute atomic E-state index is 13.1. The van der Waals surface area contributed by atoms with Crippen LogP contribution in [0.1, 0.15) is 5.56 Å². The summed E-state index contributed by atoms with van der Waals surface area (Å²) in [6, 6.07) is 10.2. The van der Waals surface area contributed by atoms with Crippen LogP contribution in [0.4, 0.5) is 21.5 Å². The summed E-state index contributed by atoms with van der Waals surface area (Å²) < 4.78 is 13.4. The largest absolute Gasteiger partial charge is 0.355 e. The molecule has 1 N–H and O–H groups in total. The maximum atomic E-state index is 13.1. The van der Waals surface area contributed by atoms with E-state index in [1.54, 1.807) is 6.07 Å². The first-order valence-electron chi connectivity index (χ1n) is 5.42. The summed E-state index contributed by atoms with van der Waals surface area (Å²) in [4.78, 5) is 10.1. The lowest BCUT2D eigenvalue weighted by atomic mass is 10.1. The second-order valence-electron chi connectivity index (χ2n) is 3.85.